The van der Waals surface area contributed by atoms with E-state index in [0.717, 1.165) is 38.5 Å². The number of amides is 1. The smallest absolute Gasteiger partial charge is 0.329 e. The standard InChI is InChI=1S/C31H52N2O5/c1-7-17(2)27(33-28(36)26(32)19(4)35)29(37)38-21-12-14-30(5)20(16-21)8-9-22-24-11-10-23(18(3)34)31(24,6)15-13-25(22)30/h17,19-27,35H,7-16,32H2,1-6H3,(H,33,36)/t17?,19-,20+,21-,22+,23-,24+,25+,26+,27+,30+,31-/m1/s1. The molecule has 0 radical (unpaired) electrons. The molecule has 4 aliphatic carbocycles. The molecule has 0 aromatic heterocycles. The molecule has 0 aromatic carbocycles. The average molecular weight is 533 g/mol. The quantitative estimate of drug-likeness (QED) is 0.399. The number of ketones is 1. The summed E-state index contributed by atoms with van der Waals surface area (Å²) in [6, 6.07) is -1.85. The van der Waals surface area contributed by atoms with E-state index in [1.54, 1.807) is 6.92 Å². The van der Waals surface area contributed by atoms with Crippen molar-refractivity contribution in [2.24, 2.45) is 52.1 Å². The van der Waals surface area contributed by atoms with Crippen LogP contribution >= 0.6 is 0 Å². The van der Waals surface area contributed by atoms with Gasteiger partial charge in [-0.2, -0.15) is 0 Å². The summed E-state index contributed by atoms with van der Waals surface area (Å²) < 4.78 is 6.08. The summed E-state index contributed by atoms with van der Waals surface area (Å²) >= 11 is 0. The maximum absolute atomic E-state index is 13.3. The molecule has 12 atom stereocenters. The number of Topliss-reactive ketones (excluding diaryl/α,β-unsaturated/α-hetero) is 1. The molecule has 0 aliphatic heterocycles. The van der Waals surface area contributed by atoms with Crippen LogP contribution in [-0.4, -0.2) is 47.1 Å². The molecule has 0 aromatic rings. The van der Waals surface area contributed by atoms with Gasteiger partial charge in [0.15, 0.2) is 0 Å². The number of fused-ring (bicyclic) bond motifs is 5. The van der Waals surface area contributed by atoms with Crippen molar-refractivity contribution in [3.63, 3.8) is 0 Å². The molecule has 0 bridgehead atoms. The van der Waals surface area contributed by atoms with Crippen molar-refractivity contribution in [3.8, 4) is 0 Å². The molecular weight excluding hydrogens is 480 g/mol. The first kappa shape index (κ1) is 29.5. The van der Waals surface area contributed by atoms with Crippen molar-refractivity contribution in [2.75, 3.05) is 0 Å². The van der Waals surface area contributed by atoms with Gasteiger partial charge in [-0.15, -0.1) is 0 Å². The molecule has 4 aliphatic rings. The van der Waals surface area contributed by atoms with E-state index in [1.807, 2.05) is 13.8 Å². The van der Waals surface area contributed by atoms with Crippen molar-refractivity contribution in [3.05, 3.63) is 0 Å². The zero-order valence-corrected chi connectivity index (χ0v) is 24.5. The normalized spacial score (nSPS) is 41.5. The molecule has 4 rings (SSSR count). The Labute approximate surface area is 229 Å². The molecule has 0 spiro atoms. The summed E-state index contributed by atoms with van der Waals surface area (Å²) in [6.07, 6.45) is 9.41. The topological polar surface area (TPSA) is 119 Å². The zero-order chi connectivity index (χ0) is 28.0. The van der Waals surface area contributed by atoms with E-state index >= 15 is 0 Å². The summed E-state index contributed by atoms with van der Waals surface area (Å²) in [5, 5.41) is 12.5. The Morgan fingerprint density at radius 3 is 2.29 bits per heavy atom. The molecule has 1 unspecified atom stereocenters. The lowest BCUT2D eigenvalue weighted by Crippen LogP contribution is -2.56. The van der Waals surface area contributed by atoms with E-state index in [2.05, 4.69) is 19.2 Å². The number of hydrogen-bond donors (Lipinski definition) is 3. The van der Waals surface area contributed by atoms with Crippen molar-refractivity contribution < 1.29 is 24.2 Å². The highest BCUT2D eigenvalue weighted by Crippen LogP contribution is 2.67. The number of nitrogens with two attached hydrogens (primary N) is 1. The highest BCUT2D eigenvalue weighted by atomic mass is 16.5. The fraction of sp³-hybridized carbons (Fsp3) is 0.903. The first-order chi connectivity index (χ1) is 17.8. The number of hydrogen-bond acceptors (Lipinski definition) is 6. The monoisotopic (exact) mass is 532 g/mol. The third kappa shape index (κ3) is 5.18. The van der Waals surface area contributed by atoms with E-state index in [1.165, 1.54) is 26.2 Å². The Hall–Kier alpha value is -1.47. The Balaban J connectivity index is 1.41. The number of ether oxygens (including phenoxy) is 1. The molecule has 1 amide bonds. The van der Waals surface area contributed by atoms with Crippen LogP contribution in [0.4, 0.5) is 0 Å². The third-order valence-corrected chi connectivity index (χ3v) is 12.0. The largest absolute Gasteiger partial charge is 0.461 e. The van der Waals surface area contributed by atoms with Gasteiger partial charge in [-0.1, -0.05) is 34.1 Å². The maximum Gasteiger partial charge on any atom is 0.329 e. The van der Waals surface area contributed by atoms with Gasteiger partial charge in [-0.05, 0) is 112 Å². The summed E-state index contributed by atoms with van der Waals surface area (Å²) in [7, 11) is 0. The van der Waals surface area contributed by atoms with Crippen LogP contribution in [0.2, 0.25) is 0 Å². The van der Waals surface area contributed by atoms with E-state index in [4.69, 9.17) is 10.5 Å². The van der Waals surface area contributed by atoms with Crippen LogP contribution < -0.4 is 11.1 Å². The minimum Gasteiger partial charge on any atom is -0.461 e. The molecule has 4 saturated carbocycles. The van der Waals surface area contributed by atoms with Crippen LogP contribution in [0.15, 0.2) is 0 Å². The van der Waals surface area contributed by atoms with Gasteiger partial charge >= 0.3 is 5.97 Å². The van der Waals surface area contributed by atoms with Gasteiger partial charge in [0.2, 0.25) is 5.91 Å². The molecule has 4 N–H and O–H groups in total. The lowest BCUT2D eigenvalue weighted by molar-refractivity contribution is -0.167. The van der Waals surface area contributed by atoms with Gasteiger partial charge in [0.05, 0.1) is 6.10 Å². The van der Waals surface area contributed by atoms with Gasteiger partial charge in [-0.3, -0.25) is 9.59 Å². The van der Waals surface area contributed by atoms with Gasteiger partial charge in [0.25, 0.3) is 0 Å². The predicted molar refractivity (Wildman–Crippen MR) is 147 cm³/mol. The predicted octanol–water partition coefficient (Wildman–Crippen LogP) is 4.39. The number of aliphatic hydroxyl groups is 1. The molecule has 38 heavy (non-hydrogen) atoms. The van der Waals surface area contributed by atoms with Crippen molar-refractivity contribution >= 4 is 17.7 Å². The number of carbonyl (C=O) groups excluding carboxylic acids is 3. The van der Waals surface area contributed by atoms with Crippen LogP contribution in [0, 0.1) is 46.3 Å². The minimum atomic E-state index is -1.08. The summed E-state index contributed by atoms with van der Waals surface area (Å²) in [4.78, 5) is 38.2. The van der Waals surface area contributed by atoms with E-state index in [-0.39, 0.29) is 34.7 Å². The van der Waals surface area contributed by atoms with Gasteiger partial charge in [0.1, 0.15) is 24.0 Å². The van der Waals surface area contributed by atoms with Crippen LogP contribution in [0.25, 0.3) is 0 Å². The molecule has 7 nitrogen and oxygen atoms in total. The van der Waals surface area contributed by atoms with Crippen LogP contribution in [-0.2, 0) is 19.1 Å². The average Bonchev–Trinajstić information content (AvgIpc) is 3.23. The molecule has 216 valence electrons. The third-order valence-electron chi connectivity index (χ3n) is 12.0. The van der Waals surface area contributed by atoms with Crippen LogP contribution in [0.1, 0.15) is 106 Å². The van der Waals surface area contributed by atoms with Crippen LogP contribution in [0.5, 0.6) is 0 Å². The van der Waals surface area contributed by atoms with Crippen LogP contribution in [0.3, 0.4) is 0 Å². The molecule has 7 heteroatoms. The number of nitrogens with one attached hydrogen (secondary N) is 1. The number of esters is 1. The Kier molecular flexibility index (Phi) is 8.69. The summed E-state index contributed by atoms with van der Waals surface area (Å²) in [5.41, 5.74) is 6.24. The molecular formula is C31H52N2O5. The Morgan fingerprint density at radius 2 is 1.66 bits per heavy atom. The number of rotatable bonds is 8. The van der Waals surface area contributed by atoms with Gasteiger partial charge < -0.3 is 20.9 Å². The van der Waals surface area contributed by atoms with E-state index in [9.17, 15) is 19.5 Å². The Morgan fingerprint density at radius 1 is 1.00 bits per heavy atom. The second kappa shape index (κ2) is 11.2. The van der Waals surface area contributed by atoms with Crippen molar-refractivity contribution in [1.82, 2.24) is 5.32 Å². The summed E-state index contributed by atoms with van der Waals surface area (Å²) in [5.74, 6) is 2.21. The fourth-order valence-electron chi connectivity index (χ4n) is 9.37. The Bertz CT molecular complexity index is 907. The lowest BCUT2D eigenvalue weighted by Gasteiger charge is -2.61. The molecule has 4 fully saturated rings. The second-order valence-electron chi connectivity index (χ2n) is 13.9. The highest BCUT2D eigenvalue weighted by Gasteiger charge is 2.61. The number of carbonyl (C=O) groups is 3. The molecule has 0 saturated heterocycles. The lowest BCUT2D eigenvalue weighted by atomic mass is 9.44. The van der Waals surface area contributed by atoms with Gasteiger partial charge in [-0.25, -0.2) is 4.79 Å². The van der Waals surface area contributed by atoms with Gasteiger partial charge in [0, 0.05) is 5.92 Å². The second-order valence-corrected chi connectivity index (χ2v) is 13.9. The van der Waals surface area contributed by atoms with Crippen molar-refractivity contribution in [2.45, 2.75) is 130 Å². The highest BCUT2D eigenvalue weighted by molar-refractivity contribution is 5.88. The zero-order valence-electron chi connectivity index (χ0n) is 24.5. The minimum absolute atomic E-state index is 0.0984. The SMILES string of the molecule is CCC(C)[C@H](NC(=O)[C@@H](N)[C@@H](C)O)C(=O)O[C@@H]1CC[C@@]2(C)[C@@H](CC[C@@H]3[C@@H]2CC[C@]2(C)[C@@H](C(C)=O)CC[C@@H]32)C1. The maximum atomic E-state index is 13.3. The number of aliphatic hydroxyl groups excluding tert-OH is 1. The first-order valence-corrected chi connectivity index (χ1v) is 15.3. The fourth-order valence-corrected chi connectivity index (χ4v) is 9.37. The van der Waals surface area contributed by atoms with E-state index < -0.39 is 24.1 Å². The van der Waals surface area contributed by atoms with Crippen molar-refractivity contribution in [1.29, 1.82) is 0 Å². The summed E-state index contributed by atoms with van der Waals surface area (Å²) in [6.45, 7) is 12.1. The molecule has 0 heterocycles. The van der Waals surface area contributed by atoms with E-state index in [0.29, 0.717) is 35.9 Å². The first-order valence-electron chi connectivity index (χ1n) is 15.3.